The van der Waals surface area contributed by atoms with Gasteiger partial charge in [-0.25, -0.2) is 13.6 Å². The maximum atomic E-state index is 13.3. The van der Waals surface area contributed by atoms with Crippen LogP contribution < -0.4 is 5.32 Å². The van der Waals surface area contributed by atoms with Gasteiger partial charge in [-0.1, -0.05) is 0 Å². The second kappa shape index (κ2) is 8.74. The van der Waals surface area contributed by atoms with Crippen LogP contribution in [0.15, 0.2) is 4.47 Å². The minimum Gasteiger partial charge on any atom is -0.462 e. The van der Waals surface area contributed by atoms with Crippen molar-refractivity contribution < 1.29 is 23.1 Å². The lowest BCUT2D eigenvalue weighted by Crippen LogP contribution is -2.22. The first-order valence-electron chi connectivity index (χ1n) is 10.1. The van der Waals surface area contributed by atoms with E-state index in [0.29, 0.717) is 16.3 Å². The third kappa shape index (κ3) is 4.16. The highest BCUT2D eigenvalue weighted by Crippen LogP contribution is 2.45. The smallest absolute Gasteiger partial charge is 0.341 e. The van der Waals surface area contributed by atoms with E-state index < -0.39 is 18.3 Å². The minimum absolute atomic E-state index is 0.135. The van der Waals surface area contributed by atoms with Gasteiger partial charge in [-0.2, -0.15) is 5.10 Å². The topological polar surface area (TPSA) is 73.2 Å². The number of hydrogen-bond acceptors (Lipinski definition) is 5. The lowest BCUT2D eigenvalue weighted by Gasteiger charge is -2.12. The molecule has 6 nitrogen and oxygen atoms in total. The summed E-state index contributed by atoms with van der Waals surface area (Å²) < 4.78 is 33.4. The third-order valence-electron chi connectivity index (χ3n) is 5.32. The molecule has 0 bridgehead atoms. The van der Waals surface area contributed by atoms with E-state index in [1.54, 1.807) is 6.92 Å². The van der Waals surface area contributed by atoms with Gasteiger partial charge < -0.3 is 10.1 Å². The number of thiophene rings is 1. The highest BCUT2D eigenvalue weighted by molar-refractivity contribution is 9.10. The number of halogens is 3. The Labute approximate surface area is 185 Å². The first-order chi connectivity index (χ1) is 14.4. The number of esters is 1. The maximum Gasteiger partial charge on any atom is 0.341 e. The van der Waals surface area contributed by atoms with Crippen molar-refractivity contribution in [3.05, 3.63) is 31.9 Å². The Hall–Kier alpha value is -1.81. The fraction of sp³-hybridized carbons (Fsp3) is 0.550. The number of aryl methyl sites for hydroxylation is 1. The number of amides is 1. The molecule has 0 aromatic carbocycles. The number of hydrogen-bond donors (Lipinski definition) is 1. The molecule has 0 radical (unpaired) electrons. The monoisotopic (exact) mass is 501 g/mol. The van der Waals surface area contributed by atoms with E-state index in [0.717, 1.165) is 49.0 Å². The van der Waals surface area contributed by atoms with Crippen molar-refractivity contribution in [2.24, 2.45) is 0 Å². The summed E-state index contributed by atoms with van der Waals surface area (Å²) >= 11 is 4.63. The highest BCUT2D eigenvalue weighted by atomic mass is 79.9. The van der Waals surface area contributed by atoms with Crippen LogP contribution in [0.25, 0.3) is 0 Å². The van der Waals surface area contributed by atoms with Crippen molar-refractivity contribution in [1.82, 2.24) is 9.78 Å². The second-order valence-electron chi connectivity index (χ2n) is 7.50. The van der Waals surface area contributed by atoms with Crippen LogP contribution in [0, 0.1) is 0 Å². The average molecular weight is 502 g/mol. The van der Waals surface area contributed by atoms with Crippen molar-refractivity contribution in [2.75, 3.05) is 11.9 Å². The number of carbonyl (C=O) groups excluding carboxylic acids is 2. The number of nitrogens with one attached hydrogen (secondary N) is 1. The van der Waals surface area contributed by atoms with Crippen molar-refractivity contribution in [3.63, 3.8) is 0 Å². The Kier molecular flexibility index (Phi) is 6.24. The van der Waals surface area contributed by atoms with Crippen LogP contribution in [0.3, 0.4) is 0 Å². The van der Waals surface area contributed by atoms with Gasteiger partial charge in [0.15, 0.2) is 0 Å². The normalized spacial score (nSPS) is 15.9. The Morgan fingerprint density at radius 1 is 1.33 bits per heavy atom. The van der Waals surface area contributed by atoms with Crippen LogP contribution in [0.2, 0.25) is 0 Å². The first-order valence-corrected chi connectivity index (χ1v) is 11.7. The number of ether oxygens (including phenoxy) is 1. The molecule has 10 heteroatoms. The zero-order valence-corrected chi connectivity index (χ0v) is 18.9. The summed E-state index contributed by atoms with van der Waals surface area (Å²) in [5.41, 5.74) is 1.68. The van der Waals surface area contributed by atoms with E-state index in [1.807, 2.05) is 0 Å². The molecule has 0 spiro atoms. The zero-order chi connectivity index (χ0) is 21.4. The number of rotatable bonds is 7. The van der Waals surface area contributed by atoms with Gasteiger partial charge in [-0.05, 0) is 66.9 Å². The Balaban J connectivity index is 1.59. The summed E-state index contributed by atoms with van der Waals surface area (Å²) in [5, 5.41) is 7.26. The van der Waals surface area contributed by atoms with Gasteiger partial charge in [0.1, 0.15) is 17.2 Å². The predicted molar refractivity (Wildman–Crippen MR) is 112 cm³/mol. The van der Waals surface area contributed by atoms with Gasteiger partial charge in [0.05, 0.1) is 22.3 Å². The number of aromatic nitrogens is 2. The van der Waals surface area contributed by atoms with Crippen molar-refractivity contribution in [2.45, 2.75) is 64.3 Å². The molecular weight excluding hydrogens is 480 g/mol. The Bertz CT molecular complexity index is 985. The fourth-order valence-electron chi connectivity index (χ4n) is 3.85. The van der Waals surface area contributed by atoms with Gasteiger partial charge in [0.25, 0.3) is 6.43 Å². The van der Waals surface area contributed by atoms with Crippen molar-refractivity contribution in [3.8, 4) is 0 Å². The number of nitrogens with zero attached hydrogens (tertiary/aromatic N) is 2. The molecule has 1 N–H and O–H groups in total. The summed E-state index contributed by atoms with van der Waals surface area (Å²) in [5.74, 6) is -0.708. The molecular formula is C20H22BrF2N3O3S. The zero-order valence-electron chi connectivity index (χ0n) is 16.5. The summed E-state index contributed by atoms with van der Waals surface area (Å²) in [7, 11) is 0. The molecule has 2 aliphatic rings. The molecule has 0 atom stereocenters. The SMILES string of the molecule is CCOC(=O)c1c(NC(=O)Cn2nc(C(F)F)c(Br)c2C2CC2)sc2c1CCCC2. The van der Waals surface area contributed by atoms with E-state index in [-0.39, 0.29) is 29.2 Å². The Morgan fingerprint density at radius 3 is 2.73 bits per heavy atom. The summed E-state index contributed by atoms with van der Waals surface area (Å²) in [6.45, 7) is 1.80. The predicted octanol–water partition coefficient (Wildman–Crippen LogP) is 5.22. The number of carbonyl (C=O) groups is 2. The van der Waals surface area contributed by atoms with Crippen molar-refractivity contribution >= 4 is 44.1 Å². The molecule has 0 unspecified atom stereocenters. The summed E-state index contributed by atoms with van der Waals surface area (Å²) in [4.78, 5) is 26.4. The van der Waals surface area contributed by atoms with Crippen LogP contribution in [0.5, 0.6) is 0 Å². The fourth-order valence-corrected chi connectivity index (χ4v) is 5.93. The highest BCUT2D eigenvalue weighted by Gasteiger charge is 2.34. The molecule has 0 saturated heterocycles. The van der Waals surface area contributed by atoms with Crippen LogP contribution in [-0.4, -0.2) is 28.3 Å². The summed E-state index contributed by atoms with van der Waals surface area (Å²) in [6, 6.07) is 0. The number of alkyl halides is 2. The molecule has 0 aliphatic heterocycles. The minimum atomic E-state index is -2.72. The molecule has 2 aromatic rings. The molecule has 1 saturated carbocycles. The van der Waals surface area contributed by atoms with Crippen LogP contribution >= 0.6 is 27.3 Å². The van der Waals surface area contributed by atoms with Gasteiger partial charge >= 0.3 is 5.97 Å². The molecule has 2 aliphatic carbocycles. The van der Waals surface area contributed by atoms with Crippen LogP contribution in [0.4, 0.5) is 13.8 Å². The van der Waals surface area contributed by atoms with Crippen LogP contribution in [-0.2, 0) is 28.9 Å². The van der Waals surface area contributed by atoms with Gasteiger partial charge in [0.2, 0.25) is 5.91 Å². The van der Waals surface area contributed by atoms with Gasteiger partial charge in [0, 0.05) is 10.8 Å². The lowest BCUT2D eigenvalue weighted by atomic mass is 9.95. The molecule has 162 valence electrons. The Morgan fingerprint density at radius 2 is 2.07 bits per heavy atom. The third-order valence-corrected chi connectivity index (χ3v) is 7.34. The molecule has 30 heavy (non-hydrogen) atoms. The van der Waals surface area contributed by atoms with E-state index in [2.05, 4.69) is 26.3 Å². The first kappa shape index (κ1) is 21.4. The standard InChI is InChI=1S/C20H22BrF2N3O3S/c1-2-29-20(28)14-11-5-3-4-6-12(11)30-19(14)24-13(27)9-26-17(10-7-8-10)15(21)16(25-26)18(22)23/h10,18H,2-9H2,1H3,(H,24,27). The van der Waals surface area contributed by atoms with E-state index in [1.165, 1.54) is 16.0 Å². The van der Waals surface area contributed by atoms with Gasteiger partial charge in [-0.15, -0.1) is 11.3 Å². The number of anilines is 1. The lowest BCUT2D eigenvalue weighted by molar-refractivity contribution is -0.116. The van der Waals surface area contributed by atoms with E-state index >= 15 is 0 Å². The van der Waals surface area contributed by atoms with E-state index in [4.69, 9.17) is 4.74 Å². The quantitative estimate of drug-likeness (QED) is 0.528. The van der Waals surface area contributed by atoms with Gasteiger partial charge in [-0.3, -0.25) is 9.48 Å². The average Bonchev–Trinajstić information content (AvgIpc) is 3.37. The largest absolute Gasteiger partial charge is 0.462 e. The second-order valence-corrected chi connectivity index (χ2v) is 9.40. The maximum absolute atomic E-state index is 13.3. The molecule has 4 rings (SSSR count). The molecule has 2 heterocycles. The molecule has 1 fully saturated rings. The molecule has 2 aromatic heterocycles. The van der Waals surface area contributed by atoms with Crippen molar-refractivity contribution in [1.29, 1.82) is 0 Å². The van der Waals surface area contributed by atoms with E-state index in [9.17, 15) is 18.4 Å². The molecule has 1 amide bonds. The summed E-state index contributed by atoms with van der Waals surface area (Å²) in [6.07, 6.45) is 2.75. The number of fused-ring (bicyclic) bond motifs is 1. The van der Waals surface area contributed by atoms with Crippen LogP contribution in [0.1, 0.15) is 77.1 Å².